The standard InChI is InChI=1S/C15H18N2O2/c1-15(8-5-9-15)17-14(19)13-12(6-2-3-11-18)7-4-10-16-13/h4,7,10,18H,3,5,8-9,11H2,1H3,(H,17,19). The molecule has 2 N–H and O–H groups in total. The van der Waals surface area contributed by atoms with Gasteiger partial charge in [-0.25, -0.2) is 4.98 Å². The van der Waals surface area contributed by atoms with E-state index in [-0.39, 0.29) is 18.1 Å². The number of aliphatic hydroxyl groups is 1. The number of nitrogens with one attached hydrogen (secondary N) is 1. The van der Waals surface area contributed by atoms with E-state index in [1.54, 1.807) is 18.3 Å². The van der Waals surface area contributed by atoms with Crippen molar-refractivity contribution in [1.82, 2.24) is 10.3 Å². The molecule has 100 valence electrons. The van der Waals surface area contributed by atoms with Gasteiger partial charge in [0.2, 0.25) is 0 Å². The maximum Gasteiger partial charge on any atom is 0.271 e. The van der Waals surface area contributed by atoms with Crippen molar-refractivity contribution in [2.24, 2.45) is 0 Å². The van der Waals surface area contributed by atoms with E-state index in [1.807, 2.05) is 0 Å². The lowest BCUT2D eigenvalue weighted by Gasteiger charge is -2.39. The van der Waals surface area contributed by atoms with Gasteiger partial charge in [0.1, 0.15) is 5.69 Å². The fourth-order valence-corrected chi connectivity index (χ4v) is 2.07. The van der Waals surface area contributed by atoms with E-state index >= 15 is 0 Å². The van der Waals surface area contributed by atoms with E-state index in [0.717, 1.165) is 19.3 Å². The van der Waals surface area contributed by atoms with Gasteiger partial charge in [0.05, 0.1) is 12.2 Å². The van der Waals surface area contributed by atoms with Crippen molar-refractivity contribution in [3.05, 3.63) is 29.6 Å². The first-order valence-electron chi connectivity index (χ1n) is 6.52. The van der Waals surface area contributed by atoms with Crippen LogP contribution in [-0.4, -0.2) is 28.1 Å². The number of aromatic nitrogens is 1. The van der Waals surface area contributed by atoms with E-state index in [2.05, 4.69) is 29.1 Å². The summed E-state index contributed by atoms with van der Waals surface area (Å²) in [7, 11) is 0. The zero-order valence-corrected chi connectivity index (χ0v) is 11.1. The Labute approximate surface area is 113 Å². The third-order valence-electron chi connectivity index (χ3n) is 3.36. The fourth-order valence-electron chi connectivity index (χ4n) is 2.07. The van der Waals surface area contributed by atoms with E-state index in [9.17, 15) is 4.79 Å². The first-order valence-corrected chi connectivity index (χ1v) is 6.52. The molecule has 19 heavy (non-hydrogen) atoms. The highest BCUT2D eigenvalue weighted by molar-refractivity contribution is 5.95. The van der Waals surface area contributed by atoms with E-state index in [1.165, 1.54) is 0 Å². The molecule has 0 atom stereocenters. The van der Waals surface area contributed by atoms with Gasteiger partial charge in [0, 0.05) is 18.2 Å². The molecule has 1 aromatic rings. The van der Waals surface area contributed by atoms with Crippen LogP contribution in [0.15, 0.2) is 18.3 Å². The van der Waals surface area contributed by atoms with Crippen LogP contribution in [0.4, 0.5) is 0 Å². The van der Waals surface area contributed by atoms with Crippen LogP contribution in [0.5, 0.6) is 0 Å². The third-order valence-corrected chi connectivity index (χ3v) is 3.36. The summed E-state index contributed by atoms with van der Waals surface area (Å²) < 4.78 is 0. The number of carbonyl (C=O) groups excluding carboxylic acids is 1. The molecule has 0 radical (unpaired) electrons. The average molecular weight is 258 g/mol. The van der Waals surface area contributed by atoms with Crippen LogP contribution >= 0.6 is 0 Å². The van der Waals surface area contributed by atoms with Gasteiger partial charge in [-0.1, -0.05) is 11.8 Å². The number of pyridine rings is 1. The molecule has 0 aromatic carbocycles. The van der Waals surface area contributed by atoms with Crippen molar-refractivity contribution in [1.29, 1.82) is 0 Å². The SMILES string of the molecule is CC1(NC(=O)c2ncccc2C#CCCO)CCC1. The Balaban J connectivity index is 2.15. The zero-order valence-electron chi connectivity index (χ0n) is 11.1. The number of aliphatic hydroxyl groups excluding tert-OH is 1. The number of nitrogens with zero attached hydrogens (tertiary/aromatic N) is 1. The zero-order chi connectivity index (χ0) is 13.7. The molecular weight excluding hydrogens is 240 g/mol. The highest BCUT2D eigenvalue weighted by atomic mass is 16.2. The van der Waals surface area contributed by atoms with Gasteiger partial charge in [-0.2, -0.15) is 0 Å². The van der Waals surface area contributed by atoms with Gasteiger partial charge in [0.15, 0.2) is 0 Å². The van der Waals surface area contributed by atoms with Gasteiger partial charge in [-0.3, -0.25) is 4.79 Å². The quantitative estimate of drug-likeness (QED) is 0.807. The summed E-state index contributed by atoms with van der Waals surface area (Å²) in [4.78, 5) is 16.3. The van der Waals surface area contributed by atoms with Crippen LogP contribution in [0.1, 0.15) is 48.7 Å². The Morgan fingerprint density at radius 3 is 3.00 bits per heavy atom. The first-order chi connectivity index (χ1) is 9.14. The molecule has 0 spiro atoms. The second-order valence-electron chi connectivity index (χ2n) is 5.04. The monoisotopic (exact) mass is 258 g/mol. The summed E-state index contributed by atoms with van der Waals surface area (Å²) in [5.74, 6) is 5.53. The van der Waals surface area contributed by atoms with Gasteiger partial charge >= 0.3 is 0 Å². The minimum absolute atomic E-state index is 0.0207. The summed E-state index contributed by atoms with van der Waals surface area (Å²) in [5.41, 5.74) is 0.877. The Bertz CT molecular complexity index is 524. The summed E-state index contributed by atoms with van der Waals surface area (Å²) in [6, 6.07) is 3.53. The van der Waals surface area contributed by atoms with Crippen LogP contribution in [0, 0.1) is 11.8 Å². The smallest absolute Gasteiger partial charge is 0.271 e. The Hall–Kier alpha value is -1.86. The molecule has 0 unspecified atom stereocenters. The molecule has 2 rings (SSSR count). The summed E-state index contributed by atoms with van der Waals surface area (Å²) in [6.07, 6.45) is 5.17. The molecule has 1 aliphatic carbocycles. The minimum Gasteiger partial charge on any atom is -0.395 e. The summed E-state index contributed by atoms with van der Waals surface area (Å²) in [6.45, 7) is 2.07. The van der Waals surface area contributed by atoms with Crippen LogP contribution in [0.25, 0.3) is 0 Å². The van der Waals surface area contributed by atoms with Crippen molar-refractivity contribution >= 4 is 5.91 Å². The molecule has 0 saturated heterocycles. The third kappa shape index (κ3) is 3.33. The maximum atomic E-state index is 12.2. The molecule has 1 saturated carbocycles. The molecule has 1 aliphatic rings. The van der Waals surface area contributed by atoms with Crippen LogP contribution in [0.3, 0.4) is 0 Å². The van der Waals surface area contributed by atoms with Gasteiger partial charge in [0.25, 0.3) is 5.91 Å². The molecule has 4 nitrogen and oxygen atoms in total. The second kappa shape index (κ2) is 5.85. The summed E-state index contributed by atoms with van der Waals surface area (Å²) >= 11 is 0. The van der Waals surface area contributed by atoms with Crippen molar-refractivity contribution < 1.29 is 9.90 Å². The number of amides is 1. The van der Waals surface area contributed by atoms with Crippen molar-refractivity contribution in [3.8, 4) is 11.8 Å². The molecule has 1 aromatic heterocycles. The Morgan fingerprint density at radius 2 is 2.37 bits per heavy atom. The van der Waals surface area contributed by atoms with Crippen LogP contribution < -0.4 is 5.32 Å². The number of hydrogen-bond acceptors (Lipinski definition) is 3. The molecular formula is C15H18N2O2. The number of rotatable bonds is 3. The Morgan fingerprint density at radius 1 is 1.58 bits per heavy atom. The Kier molecular flexibility index (Phi) is 4.18. The average Bonchev–Trinajstić information content (AvgIpc) is 2.37. The van der Waals surface area contributed by atoms with Gasteiger partial charge in [-0.05, 0) is 38.3 Å². The lowest BCUT2D eigenvalue weighted by molar-refractivity contribution is 0.0845. The highest BCUT2D eigenvalue weighted by Gasteiger charge is 2.33. The predicted octanol–water partition coefficient (Wildman–Crippen LogP) is 1.49. The maximum absolute atomic E-state index is 12.2. The topological polar surface area (TPSA) is 62.2 Å². The molecule has 0 bridgehead atoms. The molecule has 4 heteroatoms. The van der Waals surface area contributed by atoms with E-state index in [0.29, 0.717) is 17.7 Å². The van der Waals surface area contributed by atoms with Crippen molar-refractivity contribution in [2.45, 2.75) is 38.1 Å². The van der Waals surface area contributed by atoms with Crippen molar-refractivity contribution in [2.75, 3.05) is 6.61 Å². The van der Waals surface area contributed by atoms with E-state index < -0.39 is 0 Å². The lowest BCUT2D eigenvalue weighted by Crippen LogP contribution is -2.51. The first kappa shape index (κ1) is 13.6. The largest absolute Gasteiger partial charge is 0.395 e. The van der Waals surface area contributed by atoms with Crippen molar-refractivity contribution in [3.63, 3.8) is 0 Å². The lowest BCUT2D eigenvalue weighted by atomic mass is 9.78. The second-order valence-corrected chi connectivity index (χ2v) is 5.04. The predicted molar refractivity (Wildman–Crippen MR) is 72.5 cm³/mol. The number of carbonyl (C=O) groups is 1. The van der Waals surface area contributed by atoms with Gasteiger partial charge in [-0.15, -0.1) is 0 Å². The molecule has 0 aliphatic heterocycles. The van der Waals surface area contributed by atoms with Crippen LogP contribution in [-0.2, 0) is 0 Å². The van der Waals surface area contributed by atoms with E-state index in [4.69, 9.17) is 5.11 Å². The van der Waals surface area contributed by atoms with Gasteiger partial charge < -0.3 is 10.4 Å². The fraction of sp³-hybridized carbons (Fsp3) is 0.467. The number of hydrogen-bond donors (Lipinski definition) is 2. The summed E-state index contributed by atoms with van der Waals surface area (Å²) in [5, 5.41) is 11.7. The molecule has 1 fully saturated rings. The molecule has 1 heterocycles. The molecule has 1 amide bonds. The van der Waals surface area contributed by atoms with Crippen LogP contribution in [0.2, 0.25) is 0 Å². The highest BCUT2D eigenvalue weighted by Crippen LogP contribution is 2.31. The minimum atomic E-state index is -0.170. The normalized spacial score (nSPS) is 15.9.